The lowest BCUT2D eigenvalue weighted by Crippen LogP contribution is -2.46. The zero-order valence-corrected chi connectivity index (χ0v) is 22.6. The van der Waals surface area contributed by atoms with Gasteiger partial charge in [0, 0.05) is 25.4 Å². The average molecular weight is 546 g/mol. The van der Waals surface area contributed by atoms with Crippen LogP contribution in [-0.2, 0) is 23.9 Å². The molecule has 0 bridgehead atoms. The van der Waals surface area contributed by atoms with Crippen LogP contribution in [-0.4, -0.2) is 54.4 Å². The lowest BCUT2D eigenvalue weighted by molar-refractivity contribution is -0.0235. The van der Waals surface area contributed by atoms with Crippen molar-refractivity contribution in [3.05, 3.63) is 65.3 Å². The molecule has 0 saturated heterocycles. The van der Waals surface area contributed by atoms with Crippen LogP contribution in [0.5, 0.6) is 5.88 Å². The van der Waals surface area contributed by atoms with E-state index in [-0.39, 0.29) is 24.1 Å². The number of halogens is 1. The second kappa shape index (κ2) is 9.63. The SMILES string of the molecule is COc1ncnc(C2CC2)c1-c1ncc2c(n1)N(Cc1ccc(-c3nc(C)cn3C)c(F)c1)C(=O)OC2(C)CO. The summed E-state index contributed by atoms with van der Waals surface area (Å²) in [6, 6.07) is 4.74. The van der Waals surface area contributed by atoms with Gasteiger partial charge in [-0.3, -0.25) is 4.90 Å². The van der Waals surface area contributed by atoms with Crippen LogP contribution >= 0.6 is 0 Å². The van der Waals surface area contributed by atoms with E-state index in [1.54, 1.807) is 30.7 Å². The van der Waals surface area contributed by atoms with Gasteiger partial charge in [0.25, 0.3) is 0 Å². The Balaban J connectivity index is 1.42. The average Bonchev–Trinajstić information content (AvgIpc) is 3.74. The lowest BCUT2D eigenvalue weighted by Gasteiger charge is -2.38. The number of rotatable bonds is 7. The molecule has 40 heavy (non-hydrogen) atoms. The minimum Gasteiger partial charge on any atom is -0.480 e. The number of fused-ring (bicyclic) bond motifs is 1. The Labute approximate surface area is 229 Å². The molecule has 1 aliphatic heterocycles. The van der Waals surface area contributed by atoms with Gasteiger partial charge in [-0.25, -0.2) is 34.1 Å². The van der Waals surface area contributed by atoms with E-state index >= 15 is 4.39 Å². The summed E-state index contributed by atoms with van der Waals surface area (Å²) < 4.78 is 28.2. The lowest BCUT2D eigenvalue weighted by atomic mass is 9.96. The standard InChI is InChI=1S/C28H28FN7O4/c1-15-11-35(3)24(33-15)18-8-5-16(9-20(18)29)12-36-25-19(28(2,13-37)40-27(36)38)10-30-23(34-25)21-22(17-6-7-17)31-14-32-26(21)39-4/h5,8-11,14,17,37H,6-7,12-13H2,1-4H3. The number of carbonyl (C=O) groups is 1. The molecule has 11 nitrogen and oxygen atoms in total. The summed E-state index contributed by atoms with van der Waals surface area (Å²) in [6.45, 7) is 2.93. The van der Waals surface area contributed by atoms with Crippen LogP contribution in [0, 0.1) is 12.7 Å². The number of anilines is 1. The number of methoxy groups -OCH3 is 1. The highest BCUT2D eigenvalue weighted by Crippen LogP contribution is 2.46. The minimum atomic E-state index is -1.36. The van der Waals surface area contributed by atoms with Gasteiger partial charge in [0.15, 0.2) is 11.4 Å². The molecular weight excluding hydrogens is 517 g/mol. The van der Waals surface area contributed by atoms with Crippen LogP contribution in [0.4, 0.5) is 15.0 Å². The smallest absolute Gasteiger partial charge is 0.416 e. The topological polar surface area (TPSA) is 128 Å². The predicted molar refractivity (Wildman–Crippen MR) is 142 cm³/mol. The minimum absolute atomic E-state index is 0.0293. The third-order valence-electron chi connectivity index (χ3n) is 7.26. The summed E-state index contributed by atoms with van der Waals surface area (Å²) in [5.41, 5.74) is 2.04. The molecular formula is C28H28FN7O4. The summed E-state index contributed by atoms with van der Waals surface area (Å²) >= 11 is 0. The number of benzene rings is 1. The highest BCUT2D eigenvalue weighted by molar-refractivity contribution is 5.90. The third-order valence-corrected chi connectivity index (χ3v) is 7.26. The number of aliphatic hydroxyl groups is 1. The van der Waals surface area contributed by atoms with Gasteiger partial charge in [-0.1, -0.05) is 6.07 Å². The molecule has 3 aromatic heterocycles. The summed E-state index contributed by atoms with van der Waals surface area (Å²) in [7, 11) is 3.32. The van der Waals surface area contributed by atoms with Crippen LogP contribution in [0.3, 0.4) is 0 Å². The van der Waals surface area contributed by atoms with E-state index in [9.17, 15) is 9.90 Å². The van der Waals surface area contributed by atoms with Gasteiger partial charge in [0.1, 0.15) is 29.4 Å². The van der Waals surface area contributed by atoms with Crippen molar-refractivity contribution in [2.75, 3.05) is 18.6 Å². The van der Waals surface area contributed by atoms with Crippen molar-refractivity contribution in [3.8, 4) is 28.7 Å². The summed E-state index contributed by atoms with van der Waals surface area (Å²) in [6.07, 6.45) is 6.04. The van der Waals surface area contributed by atoms with Crippen LogP contribution in [0.2, 0.25) is 0 Å². The first-order valence-electron chi connectivity index (χ1n) is 12.9. The monoisotopic (exact) mass is 545 g/mol. The number of aliphatic hydroxyl groups excluding tert-OH is 1. The molecule has 2 aliphatic rings. The van der Waals surface area contributed by atoms with Crippen molar-refractivity contribution in [1.82, 2.24) is 29.5 Å². The molecule has 6 rings (SSSR count). The molecule has 0 spiro atoms. The van der Waals surface area contributed by atoms with Crippen LogP contribution < -0.4 is 9.64 Å². The Hall–Kier alpha value is -4.45. The van der Waals surface area contributed by atoms with Gasteiger partial charge >= 0.3 is 6.09 Å². The molecule has 1 aromatic carbocycles. The number of aryl methyl sites for hydroxylation is 2. The fourth-order valence-electron chi connectivity index (χ4n) is 5.02. The maximum atomic E-state index is 15.3. The quantitative estimate of drug-likeness (QED) is 0.366. The Kier molecular flexibility index (Phi) is 6.21. The first-order chi connectivity index (χ1) is 19.2. The van der Waals surface area contributed by atoms with Crippen molar-refractivity contribution >= 4 is 11.9 Å². The Morgan fingerprint density at radius 3 is 2.67 bits per heavy atom. The van der Waals surface area contributed by atoms with Gasteiger partial charge in [-0.05, 0) is 44.4 Å². The zero-order valence-electron chi connectivity index (χ0n) is 22.6. The first kappa shape index (κ1) is 25.8. The van der Waals surface area contributed by atoms with Gasteiger partial charge in [0.05, 0.1) is 42.8 Å². The maximum Gasteiger partial charge on any atom is 0.416 e. The zero-order chi connectivity index (χ0) is 28.2. The third kappa shape index (κ3) is 4.34. The van der Waals surface area contributed by atoms with Gasteiger partial charge < -0.3 is 19.1 Å². The van der Waals surface area contributed by atoms with Crippen LogP contribution in [0.1, 0.15) is 48.2 Å². The molecule has 1 saturated carbocycles. The number of cyclic esters (lactones) is 1. The molecule has 4 aromatic rings. The van der Waals surface area contributed by atoms with Crippen molar-refractivity contribution in [1.29, 1.82) is 0 Å². The molecule has 206 valence electrons. The molecule has 1 unspecified atom stereocenters. The van der Waals surface area contributed by atoms with Gasteiger partial charge in [-0.2, -0.15) is 0 Å². The Morgan fingerprint density at radius 2 is 2.02 bits per heavy atom. The Bertz CT molecular complexity index is 1640. The van der Waals surface area contributed by atoms with E-state index in [0.29, 0.717) is 34.0 Å². The molecule has 1 atom stereocenters. The molecule has 12 heteroatoms. The second-order valence-electron chi connectivity index (χ2n) is 10.3. The van der Waals surface area contributed by atoms with Crippen LogP contribution in [0.15, 0.2) is 36.9 Å². The largest absolute Gasteiger partial charge is 0.480 e. The second-order valence-corrected chi connectivity index (χ2v) is 10.3. The van der Waals surface area contributed by atoms with Crippen molar-refractivity contribution in [2.24, 2.45) is 7.05 Å². The van der Waals surface area contributed by atoms with E-state index in [0.717, 1.165) is 24.2 Å². The van der Waals surface area contributed by atoms with Crippen molar-refractivity contribution in [3.63, 3.8) is 0 Å². The number of ether oxygens (including phenoxy) is 2. The van der Waals surface area contributed by atoms with E-state index in [4.69, 9.17) is 14.5 Å². The highest BCUT2D eigenvalue weighted by Gasteiger charge is 2.43. The Morgan fingerprint density at radius 1 is 1.23 bits per heavy atom. The molecule has 1 amide bonds. The van der Waals surface area contributed by atoms with E-state index < -0.39 is 24.1 Å². The summed E-state index contributed by atoms with van der Waals surface area (Å²) in [5.74, 6) is 1.14. The summed E-state index contributed by atoms with van der Waals surface area (Å²) in [5, 5.41) is 10.1. The van der Waals surface area contributed by atoms with Crippen LogP contribution in [0.25, 0.3) is 22.8 Å². The molecule has 1 aliphatic carbocycles. The fourth-order valence-corrected chi connectivity index (χ4v) is 5.02. The number of hydrogen-bond donors (Lipinski definition) is 1. The van der Waals surface area contributed by atoms with E-state index in [2.05, 4.69) is 19.9 Å². The van der Waals surface area contributed by atoms with Crippen molar-refractivity contribution in [2.45, 2.75) is 44.8 Å². The number of carbonyl (C=O) groups excluding carboxylic acids is 1. The number of aromatic nitrogens is 6. The fraction of sp³-hybridized carbons (Fsp3) is 0.357. The van der Waals surface area contributed by atoms with E-state index in [1.807, 2.05) is 13.1 Å². The first-order valence-corrected chi connectivity index (χ1v) is 12.9. The number of imidazole rings is 1. The van der Waals surface area contributed by atoms with Crippen molar-refractivity contribution < 1.29 is 23.8 Å². The maximum absolute atomic E-state index is 15.3. The van der Waals surface area contributed by atoms with Gasteiger partial charge in [0.2, 0.25) is 5.88 Å². The molecule has 0 radical (unpaired) electrons. The number of nitrogens with zero attached hydrogens (tertiary/aromatic N) is 7. The van der Waals surface area contributed by atoms with Gasteiger partial charge in [-0.15, -0.1) is 0 Å². The molecule has 1 N–H and O–H groups in total. The normalized spacial score (nSPS) is 18.4. The number of amides is 1. The summed E-state index contributed by atoms with van der Waals surface area (Å²) in [4.78, 5) is 37.0. The molecule has 1 fully saturated rings. The molecule has 4 heterocycles. The number of hydrogen-bond acceptors (Lipinski definition) is 9. The van der Waals surface area contributed by atoms with E-state index in [1.165, 1.54) is 30.6 Å². The highest BCUT2D eigenvalue weighted by atomic mass is 19.1. The predicted octanol–water partition coefficient (Wildman–Crippen LogP) is 4.03.